The van der Waals surface area contributed by atoms with Crippen molar-refractivity contribution < 1.29 is 4.79 Å². The third-order valence-corrected chi connectivity index (χ3v) is 2.56. The lowest BCUT2D eigenvalue weighted by Crippen LogP contribution is -2.36. The zero-order valence-corrected chi connectivity index (χ0v) is 11.3. The molecule has 0 saturated carbocycles. The molecular formula is C14H22N2O. The normalized spacial score (nSPS) is 11.4. The fourth-order valence-corrected chi connectivity index (χ4v) is 1.97. The molecule has 3 heteroatoms. The fourth-order valence-electron chi connectivity index (χ4n) is 1.97. The second-order valence-electron chi connectivity index (χ2n) is 5.49. The summed E-state index contributed by atoms with van der Waals surface area (Å²) in [5.41, 5.74) is 9.64. The molecule has 0 aliphatic heterocycles. The van der Waals surface area contributed by atoms with Crippen molar-refractivity contribution in [3.05, 3.63) is 28.8 Å². The summed E-state index contributed by atoms with van der Waals surface area (Å²) < 4.78 is 0. The molecule has 0 atom stereocenters. The van der Waals surface area contributed by atoms with Crippen molar-refractivity contribution in [2.24, 2.45) is 5.73 Å². The molecule has 94 valence electrons. The molecular weight excluding hydrogens is 212 g/mol. The monoisotopic (exact) mass is 234 g/mol. The van der Waals surface area contributed by atoms with Crippen LogP contribution in [0.1, 0.15) is 37.0 Å². The topological polar surface area (TPSA) is 55.1 Å². The van der Waals surface area contributed by atoms with E-state index in [4.69, 9.17) is 5.73 Å². The van der Waals surface area contributed by atoms with E-state index in [1.54, 1.807) is 0 Å². The maximum absolute atomic E-state index is 11.8. The molecule has 0 saturated heterocycles. The number of nitrogens with one attached hydrogen (secondary N) is 1. The second-order valence-corrected chi connectivity index (χ2v) is 5.49. The minimum absolute atomic E-state index is 0.0347. The molecule has 0 radical (unpaired) electrons. The molecule has 3 nitrogen and oxygen atoms in total. The highest BCUT2D eigenvalue weighted by Gasteiger charge is 2.17. The number of carbonyl (C=O) groups is 1. The Balaban J connectivity index is 2.86. The van der Waals surface area contributed by atoms with E-state index in [2.05, 4.69) is 24.4 Å². The van der Waals surface area contributed by atoms with Crippen LogP contribution in [0, 0.1) is 20.8 Å². The number of anilines is 1. The maximum atomic E-state index is 11.8. The number of rotatable bonds is 3. The summed E-state index contributed by atoms with van der Waals surface area (Å²) in [5.74, 6) is -0.0347. The minimum Gasteiger partial charge on any atom is -0.326 e. The summed E-state index contributed by atoms with van der Waals surface area (Å²) in [5, 5.41) is 2.94. The van der Waals surface area contributed by atoms with Gasteiger partial charge in [0, 0.05) is 17.6 Å². The zero-order valence-electron chi connectivity index (χ0n) is 11.3. The SMILES string of the molecule is Cc1cc(C)c(NC(=O)CC(C)(C)N)c(C)c1. The number of hydrogen-bond donors (Lipinski definition) is 2. The van der Waals surface area contributed by atoms with E-state index in [0.717, 1.165) is 16.8 Å². The van der Waals surface area contributed by atoms with Crippen LogP contribution in [0.15, 0.2) is 12.1 Å². The zero-order chi connectivity index (χ0) is 13.2. The first-order chi connectivity index (χ1) is 7.69. The van der Waals surface area contributed by atoms with Gasteiger partial charge in [-0.1, -0.05) is 17.7 Å². The predicted molar refractivity (Wildman–Crippen MR) is 72.2 cm³/mol. The van der Waals surface area contributed by atoms with E-state index in [1.807, 2.05) is 27.7 Å². The van der Waals surface area contributed by atoms with Gasteiger partial charge in [-0.3, -0.25) is 4.79 Å². The van der Waals surface area contributed by atoms with Gasteiger partial charge in [0.25, 0.3) is 0 Å². The van der Waals surface area contributed by atoms with Gasteiger partial charge >= 0.3 is 0 Å². The lowest BCUT2D eigenvalue weighted by molar-refractivity contribution is -0.117. The van der Waals surface area contributed by atoms with E-state index in [0.29, 0.717) is 6.42 Å². The van der Waals surface area contributed by atoms with Gasteiger partial charge in [-0.05, 0) is 45.7 Å². The van der Waals surface area contributed by atoms with Gasteiger partial charge in [-0.15, -0.1) is 0 Å². The Bertz CT molecular complexity index is 407. The van der Waals surface area contributed by atoms with Gasteiger partial charge in [0.15, 0.2) is 0 Å². The van der Waals surface area contributed by atoms with Gasteiger partial charge in [-0.2, -0.15) is 0 Å². The highest BCUT2D eigenvalue weighted by atomic mass is 16.1. The molecule has 1 amide bonds. The van der Waals surface area contributed by atoms with E-state index in [1.165, 1.54) is 5.56 Å². The van der Waals surface area contributed by atoms with Gasteiger partial charge in [-0.25, -0.2) is 0 Å². The maximum Gasteiger partial charge on any atom is 0.226 e. The Morgan fingerprint density at radius 3 is 2.12 bits per heavy atom. The summed E-state index contributed by atoms with van der Waals surface area (Å²) in [6.45, 7) is 9.75. The van der Waals surface area contributed by atoms with Crippen molar-refractivity contribution in [2.45, 2.75) is 46.6 Å². The van der Waals surface area contributed by atoms with Gasteiger partial charge in [0.05, 0.1) is 0 Å². The van der Waals surface area contributed by atoms with Crippen molar-refractivity contribution in [3.8, 4) is 0 Å². The van der Waals surface area contributed by atoms with Gasteiger partial charge < -0.3 is 11.1 Å². The Morgan fingerprint density at radius 2 is 1.71 bits per heavy atom. The molecule has 17 heavy (non-hydrogen) atoms. The first kappa shape index (κ1) is 13.7. The quantitative estimate of drug-likeness (QED) is 0.844. The Hall–Kier alpha value is -1.35. The molecule has 0 bridgehead atoms. The summed E-state index contributed by atoms with van der Waals surface area (Å²) in [4.78, 5) is 11.8. The van der Waals surface area contributed by atoms with Crippen molar-refractivity contribution in [1.82, 2.24) is 0 Å². The molecule has 1 aromatic carbocycles. The Morgan fingerprint density at radius 1 is 1.24 bits per heavy atom. The number of carbonyl (C=O) groups excluding carboxylic acids is 1. The fraction of sp³-hybridized carbons (Fsp3) is 0.500. The number of amides is 1. The van der Waals surface area contributed by atoms with Crippen LogP contribution >= 0.6 is 0 Å². The smallest absolute Gasteiger partial charge is 0.226 e. The first-order valence-electron chi connectivity index (χ1n) is 5.85. The Kier molecular flexibility index (Phi) is 3.94. The molecule has 3 N–H and O–H groups in total. The molecule has 0 aliphatic carbocycles. The van der Waals surface area contributed by atoms with Crippen LogP contribution in [0.2, 0.25) is 0 Å². The minimum atomic E-state index is -0.476. The molecule has 0 heterocycles. The largest absolute Gasteiger partial charge is 0.326 e. The molecule has 0 aromatic heterocycles. The lowest BCUT2D eigenvalue weighted by Gasteiger charge is -2.19. The Labute approximate surface area is 103 Å². The average Bonchev–Trinajstić information content (AvgIpc) is 2.08. The van der Waals surface area contributed by atoms with E-state index in [9.17, 15) is 4.79 Å². The molecule has 0 aliphatic rings. The van der Waals surface area contributed by atoms with Crippen LogP contribution < -0.4 is 11.1 Å². The molecule has 0 unspecified atom stereocenters. The van der Waals surface area contributed by atoms with Crippen LogP contribution in [-0.2, 0) is 4.79 Å². The molecule has 0 fully saturated rings. The van der Waals surface area contributed by atoms with E-state index >= 15 is 0 Å². The summed E-state index contributed by atoms with van der Waals surface area (Å²) in [7, 11) is 0. The molecule has 1 aromatic rings. The molecule has 1 rings (SSSR count). The molecule has 0 spiro atoms. The average molecular weight is 234 g/mol. The highest BCUT2D eigenvalue weighted by molar-refractivity contribution is 5.93. The summed E-state index contributed by atoms with van der Waals surface area (Å²) in [6, 6.07) is 4.13. The number of hydrogen-bond acceptors (Lipinski definition) is 2. The van der Waals surface area contributed by atoms with Gasteiger partial charge in [0.1, 0.15) is 0 Å². The van der Waals surface area contributed by atoms with Crippen LogP contribution in [0.4, 0.5) is 5.69 Å². The standard InChI is InChI=1S/C14H22N2O/c1-9-6-10(2)13(11(3)7-9)16-12(17)8-14(4,5)15/h6-7H,8,15H2,1-5H3,(H,16,17). The predicted octanol–water partition coefficient (Wildman–Crippen LogP) is 2.68. The van der Waals surface area contributed by atoms with Crippen LogP contribution in [0.3, 0.4) is 0 Å². The summed E-state index contributed by atoms with van der Waals surface area (Å²) >= 11 is 0. The third kappa shape index (κ3) is 4.19. The lowest BCUT2D eigenvalue weighted by atomic mass is 10.0. The van der Waals surface area contributed by atoms with E-state index < -0.39 is 5.54 Å². The number of aryl methyl sites for hydroxylation is 3. The van der Waals surface area contributed by atoms with Crippen LogP contribution in [-0.4, -0.2) is 11.4 Å². The highest BCUT2D eigenvalue weighted by Crippen LogP contribution is 2.22. The second kappa shape index (κ2) is 4.88. The first-order valence-corrected chi connectivity index (χ1v) is 5.85. The third-order valence-electron chi connectivity index (χ3n) is 2.56. The van der Waals surface area contributed by atoms with Crippen molar-refractivity contribution in [1.29, 1.82) is 0 Å². The van der Waals surface area contributed by atoms with Crippen LogP contribution in [0.5, 0.6) is 0 Å². The van der Waals surface area contributed by atoms with Crippen LogP contribution in [0.25, 0.3) is 0 Å². The van der Waals surface area contributed by atoms with E-state index in [-0.39, 0.29) is 5.91 Å². The van der Waals surface area contributed by atoms with Crippen molar-refractivity contribution in [2.75, 3.05) is 5.32 Å². The van der Waals surface area contributed by atoms with Crippen molar-refractivity contribution in [3.63, 3.8) is 0 Å². The summed E-state index contributed by atoms with van der Waals surface area (Å²) in [6.07, 6.45) is 0.319. The number of benzene rings is 1. The van der Waals surface area contributed by atoms with Gasteiger partial charge in [0.2, 0.25) is 5.91 Å². The van der Waals surface area contributed by atoms with Crippen molar-refractivity contribution >= 4 is 11.6 Å². The number of nitrogens with two attached hydrogens (primary N) is 1.